The number of benzene rings is 3. The minimum atomic E-state index is -0.327. The van der Waals surface area contributed by atoms with Gasteiger partial charge in [-0.3, -0.25) is 4.79 Å². The average Bonchev–Trinajstić information content (AvgIpc) is 3.13. The molecular formula is C24H18ClFN2O3S. The van der Waals surface area contributed by atoms with Crippen LogP contribution in [0.1, 0.15) is 11.1 Å². The van der Waals surface area contributed by atoms with Crippen molar-refractivity contribution in [3.63, 3.8) is 0 Å². The van der Waals surface area contributed by atoms with Gasteiger partial charge in [0.05, 0.1) is 22.7 Å². The van der Waals surface area contributed by atoms with E-state index >= 15 is 0 Å². The molecule has 0 radical (unpaired) electrons. The van der Waals surface area contributed by atoms with Crippen molar-refractivity contribution in [2.45, 2.75) is 6.61 Å². The lowest BCUT2D eigenvalue weighted by molar-refractivity contribution is -0.115. The molecule has 162 valence electrons. The molecule has 0 aliphatic carbocycles. The first-order chi connectivity index (χ1) is 15.5. The highest BCUT2D eigenvalue weighted by atomic mass is 35.5. The van der Waals surface area contributed by atoms with Crippen LogP contribution in [0.25, 0.3) is 6.08 Å². The van der Waals surface area contributed by atoms with Crippen LogP contribution in [-0.2, 0) is 11.4 Å². The number of hydrogen-bond acceptors (Lipinski definition) is 5. The van der Waals surface area contributed by atoms with Gasteiger partial charge < -0.3 is 14.8 Å². The minimum absolute atomic E-state index is 0.0730. The van der Waals surface area contributed by atoms with Crippen LogP contribution < -0.4 is 14.8 Å². The van der Waals surface area contributed by atoms with Gasteiger partial charge in [-0.05, 0) is 53.7 Å². The molecule has 0 saturated carbocycles. The summed E-state index contributed by atoms with van der Waals surface area (Å²) >= 11 is 7.36. The Labute approximate surface area is 193 Å². The van der Waals surface area contributed by atoms with Gasteiger partial charge >= 0.3 is 0 Å². The van der Waals surface area contributed by atoms with E-state index in [1.54, 1.807) is 54.6 Å². The fraction of sp³-hybridized carbons (Fsp3) is 0.0833. The summed E-state index contributed by atoms with van der Waals surface area (Å²) in [5.74, 6) is 0.373. The molecule has 1 aliphatic heterocycles. The molecule has 3 aromatic rings. The van der Waals surface area contributed by atoms with Crippen molar-refractivity contribution >= 4 is 46.2 Å². The molecule has 1 amide bonds. The lowest BCUT2D eigenvalue weighted by atomic mass is 10.2. The van der Waals surface area contributed by atoms with Crippen molar-refractivity contribution in [1.82, 2.24) is 5.32 Å². The number of nitrogens with one attached hydrogen (secondary N) is 1. The van der Waals surface area contributed by atoms with Gasteiger partial charge in [-0.2, -0.15) is 0 Å². The van der Waals surface area contributed by atoms with Gasteiger partial charge in [0.15, 0.2) is 16.7 Å². The van der Waals surface area contributed by atoms with Gasteiger partial charge in [0.1, 0.15) is 12.4 Å². The fourth-order valence-corrected chi connectivity index (χ4v) is 3.96. The predicted octanol–water partition coefficient (Wildman–Crippen LogP) is 5.96. The van der Waals surface area contributed by atoms with E-state index in [1.165, 1.54) is 24.9 Å². The summed E-state index contributed by atoms with van der Waals surface area (Å²) in [7, 11) is 1.52. The molecular weight excluding hydrogens is 451 g/mol. The van der Waals surface area contributed by atoms with Gasteiger partial charge in [0.2, 0.25) is 0 Å². The monoisotopic (exact) mass is 468 g/mol. The molecule has 1 saturated heterocycles. The third kappa shape index (κ3) is 5.12. The fourth-order valence-electron chi connectivity index (χ4n) is 2.95. The number of para-hydroxylation sites is 1. The van der Waals surface area contributed by atoms with E-state index in [9.17, 15) is 9.18 Å². The second-order valence-corrected chi connectivity index (χ2v) is 8.16. The molecule has 8 heteroatoms. The van der Waals surface area contributed by atoms with Crippen LogP contribution in [0.2, 0.25) is 5.02 Å². The van der Waals surface area contributed by atoms with E-state index in [0.717, 1.165) is 5.56 Å². The van der Waals surface area contributed by atoms with Gasteiger partial charge in [0, 0.05) is 5.56 Å². The van der Waals surface area contributed by atoms with Crippen molar-refractivity contribution in [1.29, 1.82) is 0 Å². The van der Waals surface area contributed by atoms with Crippen LogP contribution in [0.4, 0.5) is 10.1 Å². The zero-order valence-corrected chi connectivity index (χ0v) is 18.5. The first-order valence-electron chi connectivity index (χ1n) is 9.62. The lowest BCUT2D eigenvalue weighted by Crippen LogP contribution is -2.19. The standard InChI is InChI=1S/C24H18ClFN2O3S/c1-30-21-12-15(10-11-20(21)31-14-16-6-2-4-8-18(16)26)13-22-23(29)28-24(32-22)27-19-9-5-3-7-17(19)25/h2-13H,14H2,1H3,(H,27,28,29)/b22-13+. The summed E-state index contributed by atoms with van der Waals surface area (Å²) in [6.07, 6.45) is 1.73. The second-order valence-electron chi connectivity index (χ2n) is 6.72. The number of amides is 1. The first kappa shape index (κ1) is 21.9. The Bertz CT molecular complexity index is 1230. The van der Waals surface area contributed by atoms with Gasteiger partial charge in [-0.15, -0.1) is 0 Å². The molecule has 0 atom stereocenters. The molecule has 1 aliphatic rings. The SMILES string of the molecule is COc1cc(/C=C2/SC(=Nc3ccccc3Cl)NC2=O)ccc1OCc1ccccc1F. The van der Waals surface area contributed by atoms with E-state index in [2.05, 4.69) is 10.3 Å². The van der Waals surface area contributed by atoms with Crippen molar-refractivity contribution in [3.8, 4) is 11.5 Å². The highest BCUT2D eigenvalue weighted by molar-refractivity contribution is 8.18. The van der Waals surface area contributed by atoms with Crippen LogP contribution in [0.3, 0.4) is 0 Å². The Morgan fingerprint density at radius 1 is 1.09 bits per heavy atom. The number of aliphatic imine (C=N–C) groups is 1. The zero-order chi connectivity index (χ0) is 22.5. The number of halogens is 2. The molecule has 0 aromatic heterocycles. The predicted molar refractivity (Wildman–Crippen MR) is 126 cm³/mol. The van der Waals surface area contributed by atoms with Gasteiger partial charge in [-0.25, -0.2) is 9.38 Å². The largest absolute Gasteiger partial charge is 0.493 e. The number of rotatable bonds is 6. The number of methoxy groups -OCH3 is 1. The maximum absolute atomic E-state index is 13.8. The number of thioether (sulfide) groups is 1. The summed E-state index contributed by atoms with van der Waals surface area (Å²) in [6, 6.07) is 18.9. The third-order valence-corrected chi connectivity index (χ3v) is 5.78. The maximum Gasteiger partial charge on any atom is 0.264 e. The highest BCUT2D eigenvalue weighted by Gasteiger charge is 2.24. The van der Waals surface area contributed by atoms with Crippen LogP contribution in [0.5, 0.6) is 11.5 Å². The van der Waals surface area contributed by atoms with Crippen molar-refractivity contribution < 1.29 is 18.7 Å². The quantitative estimate of drug-likeness (QED) is 0.453. The summed E-state index contributed by atoms with van der Waals surface area (Å²) in [4.78, 5) is 17.3. The minimum Gasteiger partial charge on any atom is -0.493 e. The number of nitrogens with zero attached hydrogens (tertiary/aromatic N) is 1. The number of amidine groups is 1. The molecule has 1 fully saturated rings. The topological polar surface area (TPSA) is 59.9 Å². The Balaban J connectivity index is 1.51. The number of ether oxygens (including phenoxy) is 2. The molecule has 0 spiro atoms. The van der Waals surface area contributed by atoms with E-state index in [0.29, 0.717) is 37.8 Å². The number of hydrogen-bond donors (Lipinski definition) is 1. The lowest BCUT2D eigenvalue weighted by Gasteiger charge is -2.12. The Morgan fingerprint density at radius 3 is 2.66 bits per heavy atom. The first-order valence-corrected chi connectivity index (χ1v) is 10.8. The van der Waals surface area contributed by atoms with Crippen molar-refractivity contribution in [2.75, 3.05) is 7.11 Å². The zero-order valence-electron chi connectivity index (χ0n) is 17.0. The van der Waals surface area contributed by atoms with Gasteiger partial charge in [0.25, 0.3) is 5.91 Å². The van der Waals surface area contributed by atoms with E-state index in [4.69, 9.17) is 21.1 Å². The normalized spacial score (nSPS) is 15.8. The summed E-state index contributed by atoms with van der Waals surface area (Å²) in [5.41, 5.74) is 1.78. The van der Waals surface area contributed by atoms with E-state index in [1.807, 2.05) is 12.1 Å². The summed E-state index contributed by atoms with van der Waals surface area (Å²) < 4.78 is 25.0. The molecule has 5 nitrogen and oxygen atoms in total. The molecule has 32 heavy (non-hydrogen) atoms. The molecule has 4 rings (SSSR count). The van der Waals surface area contributed by atoms with Crippen LogP contribution in [0.15, 0.2) is 76.6 Å². The van der Waals surface area contributed by atoms with Crippen LogP contribution in [0, 0.1) is 5.82 Å². The number of carbonyl (C=O) groups excluding carboxylic acids is 1. The van der Waals surface area contributed by atoms with E-state index < -0.39 is 0 Å². The highest BCUT2D eigenvalue weighted by Crippen LogP contribution is 2.33. The second kappa shape index (κ2) is 9.89. The van der Waals surface area contributed by atoms with Crippen LogP contribution in [-0.4, -0.2) is 18.2 Å². The smallest absolute Gasteiger partial charge is 0.264 e. The molecule has 0 bridgehead atoms. The summed E-state index contributed by atoms with van der Waals surface area (Å²) in [5, 5.41) is 3.69. The summed E-state index contributed by atoms with van der Waals surface area (Å²) in [6.45, 7) is 0.0730. The maximum atomic E-state index is 13.8. The van der Waals surface area contributed by atoms with E-state index in [-0.39, 0.29) is 18.3 Å². The van der Waals surface area contributed by atoms with Crippen molar-refractivity contribution in [2.24, 2.45) is 4.99 Å². The average molecular weight is 469 g/mol. The third-order valence-electron chi connectivity index (χ3n) is 4.55. The Morgan fingerprint density at radius 2 is 1.88 bits per heavy atom. The van der Waals surface area contributed by atoms with Crippen molar-refractivity contribution in [3.05, 3.63) is 93.6 Å². The Hall–Kier alpha value is -3.29. The molecule has 1 N–H and O–H groups in total. The molecule has 0 unspecified atom stereocenters. The number of carbonyl (C=O) groups is 1. The molecule has 3 aromatic carbocycles. The van der Waals surface area contributed by atoms with Gasteiger partial charge in [-0.1, -0.05) is 48.0 Å². The van der Waals surface area contributed by atoms with Crippen LogP contribution >= 0.6 is 23.4 Å². The Kier molecular flexibility index (Phi) is 6.78. The molecule has 1 heterocycles.